The fourth-order valence-corrected chi connectivity index (χ4v) is 3.19. The first-order valence-electron chi connectivity index (χ1n) is 6.89. The summed E-state index contributed by atoms with van der Waals surface area (Å²) in [5.74, 6) is 0.884. The summed E-state index contributed by atoms with van der Waals surface area (Å²) in [6.07, 6.45) is 7.26. The molecule has 2 fully saturated rings. The highest BCUT2D eigenvalue weighted by Crippen LogP contribution is 2.31. The molecule has 1 aliphatic carbocycles. The number of hydrogen-bond acceptors (Lipinski definition) is 3. The van der Waals surface area contributed by atoms with Crippen LogP contribution in [0.1, 0.15) is 39.0 Å². The Morgan fingerprint density at radius 1 is 1.35 bits per heavy atom. The van der Waals surface area contributed by atoms with Crippen LogP contribution in [0.15, 0.2) is 0 Å². The van der Waals surface area contributed by atoms with Crippen molar-refractivity contribution in [2.45, 2.75) is 45.1 Å². The van der Waals surface area contributed by atoms with E-state index in [1.807, 2.05) is 0 Å². The van der Waals surface area contributed by atoms with Crippen LogP contribution in [0, 0.1) is 11.3 Å². The van der Waals surface area contributed by atoms with Crippen LogP contribution in [-0.2, 0) is 9.53 Å². The van der Waals surface area contributed by atoms with Gasteiger partial charge in [0.2, 0.25) is 0 Å². The Morgan fingerprint density at radius 2 is 2.06 bits per heavy atom. The molecule has 1 saturated carbocycles. The molecule has 1 heterocycles. The third kappa shape index (κ3) is 3.08. The number of carbonyl (C=O) groups excluding carboxylic acids is 1. The van der Waals surface area contributed by atoms with Crippen molar-refractivity contribution in [1.82, 2.24) is 4.90 Å². The summed E-state index contributed by atoms with van der Waals surface area (Å²) >= 11 is 0. The molecule has 0 aromatic carbocycles. The van der Waals surface area contributed by atoms with Crippen molar-refractivity contribution in [3.63, 3.8) is 0 Å². The van der Waals surface area contributed by atoms with Gasteiger partial charge in [-0.15, -0.1) is 0 Å². The van der Waals surface area contributed by atoms with Crippen molar-refractivity contribution in [3.8, 4) is 0 Å². The minimum atomic E-state index is -0.224. The molecule has 0 N–H and O–H groups in total. The summed E-state index contributed by atoms with van der Waals surface area (Å²) in [5.41, 5.74) is -0.224. The van der Waals surface area contributed by atoms with Gasteiger partial charge >= 0.3 is 0 Å². The van der Waals surface area contributed by atoms with E-state index in [0.29, 0.717) is 12.6 Å². The smallest absolute Gasteiger partial charge is 0.129 e. The Bertz CT molecular complexity index is 253. The molecule has 0 aromatic heterocycles. The summed E-state index contributed by atoms with van der Waals surface area (Å²) in [4.78, 5) is 13.7. The number of nitrogens with zero attached hydrogens (tertiary/aromatic N) is 1. The minimum Gasteiger partial charge on any atom is -0.380 e. The van der Waals surface area contributed by atoms with Crippen LogP contribution in [0.4, 0.5) is 0 Å². The third-order valence-electron chi connectivity index (χ3n) is 4.56. The maximum atomic E-state index is 11.3. The summed E-state index contributed by atoms with van der Waals surface area (Å²) in [5, 5.41) is 0. The Morgan fingerprint density at radius 3 is 2.59 bits per heavy atom. The molecule has 0 aromatic rings. The van der Waals surface area contributed by atoms with Crippen molar-refractivity contribution in [2.75, 3.05) is 26.8 Å². The van der Waals surface area contributed by atoms with Gasteiger partial charge in [-0.05, 0) is 45.1 Å². The van der Waals surface area contributed by atoms with Crippen LogP contribution in [0.25, 0.3) is 0 Å². The number of hydrogen-bond donors (Lipinski definition) is 0. The predicted octanol–water partition coefficient (Wildman–Crippen LogP) is 2.10. The number of aldehydes is 1. The van der Waals surface area contributed by atoms with Gasteiger partial charge in [0.1, 0.15) is 6.29 Å². The normalized spacial score (nSPS) is 38.5. The van der Waals surface area contributed by atoms with Crippen molar-refractivity contribution >= 4 is 6.29 Å². The van der Waals surface area contributed by atoms with Crippen molar-refractivity contribution in [2.24, 2.45) is 11.3 Å². The lowest BCUT2D eigenvalue weighted by Gasteiger charge is -2.37. The molecule has 17 heavy (non-hydrogen) atoms. The molecular weight excluding hydrogens is 214 g/mol. The summed E-state index contributed by atoms with van der Waals surface area (Å²) in [6.45, 7) is 4.57. The van der Waals surface area contributed by atoms with Gasteiger partial charge in [0.15, 0.2) is 0 Å². The number of ether oxygens (including phenoxy) is 1. The number of rotatable bonds is 4. The van der Waals surface area contributed by atoms with Gasteiger partial charge in [-0.3, -0.25) is 0 Å². The number of carbonyl (C=O) groups is 1. The van der Waals surface area contributed by atoms with Crippen molar-refractivity contribution in [1.29, 1.82) is 0 Å². The molecular formula is C14H25NO2. The zero-order chi connectivity index (χ0) is 12.3. The second-order valence-electron chi connectivity index (χ2n) is 6.11. The van der Waals surface area contributed by atoms with Gasteiger partial charge < -0.3 is 14.4 Å². The van der Waals surface area contributed by atoms with Crippen LogP contribution in [0.5, 0.6) is 0 Å². The Hall–Kier alpha value is -0.410. The highest BCUT2D eigenvalue weighted by Gasteiger charge is 2.37. The lowest BCUT2D eigenvalue weighted by atomic mass is 9.84. The van der Waals surface area contributed by atoms with Crippen LogP contribution < -0.4 is 0 Å². The highest BCUT2D eigenvalue weighted by molar-refractivity contribution is 5.60. The predicted molar refractivity (Wildman–Crippen MR) is 68.0 cm³/mol. The standard InChI is InChI=1S/C14H25NO2/c1-12-3-5-13(6-4-12)15(2)9-14(10-16)7-8-17-11-14/h10,12-13H,3-9,11H2,1-2H3. The van der Waals surface area contributed by atoms with Crippen LogP contribution in [0.3, 0.4) is 0 Å². The van der Waals surface area contributed by atoms with Crippen molar-refractivity contribution < 1.29 is 9.53 Å². The second kappa shape index (κ2) is 5.49. The topological polar surface area (TPSA) is 29.5 Å². The molecule has 0 radical (unpaired) electrons. The van der Waals surface area contributed by atoms with E-state index in [9.17, 15) is 4.79 Å². The van der Waals surface area contributed by atoms with Gasteiger partial charge in [-0.1, -0.05) is 6.92 Å². The van der Waals surface area contributed by atoms with E-state index in [1.165, 1.54) is 25.7 Å². The van der Waals surface area contributed by atoms with Crippen LogP contribution in [-0.4, -0.2) is 44.0 Å². The molecule has 2 rings (SSSR count). The first-order valence-corrected chi connectivity index (χ1v) is 6.89. The van der Waals surface area contributed by atoms with Crippen molar-refractivity contribution in [3.05, 3.63) is 0 Å². The lowest BCUT2D eigenvalue weighted by molar-refractivity contribution is -0.117. The van der Waals surface area contributed by atoms with Gasteiger partial charge in [-0.25, -0.2) is 0 Å². The lowest BCUT2D eigenvalue weighted by Crippen LogP contribution is -2.43. The van der Waals surface area contributed by atoms with E-state index < -0.39 is 0 Å². The molecule has 0 bridgehead atoms. The van der Waals surface area contributed by atoms with E-state index in [0.717, 1.165) is 31.8 Å². The molecule has 1 unspecified atom stereocenters. The third-order valence-corrected chi connectivity index (χ3v) is 4.56. The van der Waals surface area contributed by atoms with E-state index in [2.05, 4.69) is 18.9 Å². The zero-order valence-electron chi connectivity index (χ0n) is 11.2. The van der Waals surface area contributed by atoms with Crippen LogP contribution in [0.2, 0.25) is 0 Å². The molecule has 0 spiro atoms. The molecule has 1 saturated heterocycles. The molecule has 3 heteroatoms. The average molecular weight is 239 g/mol. The Balaban J connectivity index is 1.87. The minimum absolute atomic E-state index is 0.224. The van der Waals surface area contributed by atoms with E-state index >= 15 is 0 Å². The maximum absolute atomic E-state index is 11.3. The van der Waals surface area contributed by atoms with Gasteiger partial charge in [0.25, 0.3) is 0 Å². The first-order chi connectivity index (χ1) is 8.15. The SMILES string of the molecule is CC1CCC(N(C)CC2(C=O)CCOC2)CC1. The molecule has 2 aliphatic rings. The van der Waals surface area contributed by atoms with E-state index in [1.54, 1.807) is 0 Å². The van der Waals surface area contributed by atoms with E-state index in [4.69, 9.17) is 4.74 Å². The summed E-state index contributed by atoms with van der Waals surface area (Å²) in [7, 11) is 2.17. The largest absolute Gasteiger partial charge is 0.380 e. The Labute approximate surface area is 105 Å². The molecule has 1 aliphatic heterocycles. The fraction of sp³-hybridized carbons (Fsp3) is 0.929. The Kier molecular flexibility index (Phi) is 4.21. The zero-order valence-corrected chi connectivity index (χ0v) is 11.2. The fourth-order valence-electron chi connectivity index (χ4n) is 3.19. The maximum Gasteiger partial charge on any atom is 0.129 e. The molecule has 0 amide bonds. The average Bonchev–Trinajstić information content (AvgIpc) is 2.79. The van der Waals surface area contributed by atoms with Gasteiger partial charge in [0, 0.05) is 19.2 Å². The van der Waals surface area contributed by atoms with E-state index in [-0.39, 0.29) is 5.41 Å². The molecule has 98 valence electrons. The van der Waals surface area contributed by atoms with Gasteiger partial charge in [-0.2, -0.15) is 0 Å². The van der Waals surface area contributed by atoms with Gasteiger partial charge in [0.05, 0.1) is 12.0 Å². The molecule has 3 nitrogen and oxygen atoms in total. The quantitative estimate of drug-likeness (QED) is 0.704. The summed E-state index contributed by atoms with van der Waals surface area (Å²) in [6, 6.07) is 0.670. The second-order valence-corrected chi connectivity index (χ2v) is 6.11. The summed E-state index contributed by atoms with van der Waals surface area (Å²) < 4.78 is 5.40. The monoisotopic (exact) mass is 239 g/mol. The first kappa shape index (κ1) is 13.0. The van der Waals surface area contributed by atoms with Crippen LogP contribution >= 0.6 is 0 Å². The highest BCUT2D eigenvalue weighted by atomic mass is 16.5. The molecule has 1 atom stereocenters.